The highest BCUT2D eigenvalue weighted by Crippen LogP contribution is 2.36. The molecule has 0 radical (unpaired) electrons. The van der Waals surface area contributed by atoms with E-state index in [1.165, 1.54) is 6.20 Å². The minimum atomic E-state index is -1.01. The summed E-state index contributed by atoms with van der Waals surface area (Å²) in [4.78, 5) is 11.3. The molecule has 2 aromatic heterocycles. The van der Waals surface area contributed by atoms with Crippen molar-refractivity contribution in [3.8, 4) is 17.0 Å². The molecule has 0 aliphatic heterocycles. The van der Waals surface area contributed by atoms with Crippen molar-refractivity contribution >= 4 is 16.9 Å². The molecule has 0 aliphatic carbocycles. The fraction of sp³-hybridized carbons (Fsp3) is 0.143. The van der Waals surface area contributed by atoms with Crippen LogP contribution in [0.15, 0.2) is 30.6 Å². The minimum absolute atomic E-state index is 0.142. The zero-order valence-electron chi connectivity index (χ0n) is 11.0. The number of ether oxygens (including phenoxy) is 1. The summed E-state index contributed by atoms with van der Waals surface area (Å²) < 4.78 is 7.32. The molecular formula is C14H13N3O3. The zero-order chi connectivity index (χ0) is 14.3. The van der Waals surface area contributed by atoms with Gasteiger partial charge in [-0.2, -0.15) is 5.10 Å². The number of hydrogen-bond acceptors (Lipinski definition) is 3. The van der Waals surface area contributed by atoms with Crippen LogP contribution in [0, 0.1) is 0 Å². The number of benzene rings is 1. The standard InChI is InChI=1S/C14H13N3O3/c1-17-7-9(13-8(14(18)19)6-15-16-13)12-10(17)4-3-5-11(12)20-2/h3-7H,1-2H3,(H,15,16)(H,18,19). The molecule has 2 heterocycles. The highest BCUT2D eigenvalue weighted by Gasteiger charge is 2.20. The number of fused-ring (bicyclic) bond motifs is 1. The first-order valence-electron chi connectivity index (χ1n) is 6.02. The fourth-order valence-corrected chi connectivity index (χ4v) is 2.43. The summed E-state index contributed by atoms with van der Waals surface area (Å²) in [5, 5.41) is 16.7. The Morgan fingerprint density at radius 3 is 2.95 bits per heavy atom. The summed E-state index contributed by atoms with van der Waals surface area (Å²) in [5.41, 5.74) is 2.34. The van der Waals surface area contributed by atoms with Crippen molar-refractivity contribution in [1.29, 1.82) is 0 Å². The molecule has 0 fully saturated rings. The van der Waals surface area contributed by atoms with Crippen molar-refractivity contribution in [3.05, 3.63) is 36.2 Å². The van der Waals surface area contributed by atoms with Crippen LogP contribution in [0.3, 0.4) is 0 Å². The lowest BCUT2D eigenvalue weighted by molar-refractivity contribution is 0.0698. The number of aryl methyl sites for hydroxylation is 1. The number of carboxylic acids is 1. The van der Waals surface area contributed by atoms with Crippen molar-refractivity contribution in [2.75, 3.05) is 7.11 Å². The molecule has 20 heavy (non-hydrogen) atoms. The lowest BCUT2D eigenvalue weighted by Gasteiger charge is -2.04. The quantitative estimate of drug-likeness (QED) is 0.765. The van der Waals surface area contributed by atoms with E-state index < -0.39 is 5.97 Å². The summed E-state index contributed by atoms with van der Waals surface area (Å²) in [6.45, 7) is 0. The van der Waals surface area contributed by atoms with Gasteiger partial charge in [0, 0.05) is 18.8 Å². The van der Waals surface area contributed by atoms with E-state index in [9.17, 15) is 9.90 Å². The van der Waals surface area contributed by atoms with Crippen LogP contribution in [-0.2, 0) is 7.05 Å². The van der Waals surface area contributed by atoms with Gasteiger partial charge in [0.25, 0.3) is 0 Å². The summed E-state index contributed by atoms with van der Waals surface area (Å²) in [6, 6.07) is 5.71. The maximum Gasteiger partial charge on any atom is 0.339 e. The summed E-state index contributed by atoms with van der Waals surface area (Å²) in [7, 11) is 3.50. The number of aromatic nitrogens is 3. The Morgan fingerprint density at radius 1 is 1.45 bits per heavy atom. The Balaban J connectivity index is 2.37. The van der Waals surface area contributed by atoms with Gasteiger partial charge < -0.3 is 14.4 Å². The van der Waals surface area contributed by atoms with Crippen molar-refractivity contribution in [2.24, 2.45) is 7.05 Å². The molecule has 0 unspecified atom stereocenters. The Kier molecular flexibility index (Phi) is 2.71. The first-order valence-corrected chi connectivity index (χ1v) is 6.02. The van der Waals surface area contributed by atoms with Crippen LogP contribution in [-0.4, -0.2) is 33.0 Å². The van der Waals surface area contributed by atoms with Gasteiger partial charge in [-0.05, 0) is 12.1 Å². The van der Waals surface area contributed by atoms with E-state index in [0.29, 0.717) is 11.4 Å². The predicted octanol–water partition coefficient (Wildman–Crippen LogP) is 2.28. The van der Waals surface area contributed by atoms with Crippen LogP contribution in [0.25, 0.3) is 22.2 Å². The van der Waals surface area contributed by atoms with E-state index in [-0.39, 0.29) is 5.56 Å². The molecule has 0 saturated carbocycles. The average Bonchev–Trinajstić information content (AvgIpc) is 3.03. The number of nitrogens with one attached hydrogen (secondary N) is 1. The van der Waals surface area contributed by atoms with E-state index in [1.807, 2.05) is 36.0 Å². The molecule has 1 aromatic carbocycles. The van der Waals surface area contributed by atoms with Crippen LogP contribution in [0.1, 0.15) is 10.4 Å². The van der Waals surface area contributed by atoms with Gasteiger partial charge in [-0.15, -0.1) is 0 Å². The number of hydrogen-bond donors (Lipinski definition) is 2. The van der Waals surface area contributed by atoms with Gasteiger partial charge >= 0.3 is 5.97 Å². The molecule has 0 atom stereocenters. The number of carbonyl (C=O) groups is 1. The minimum Gasteiger partial charge on any atom is -0.496 e. The second kappa shape index (κ2) is 4.41. The third kappa shape index (κ3) is 1.65. The van der Waals surface area contributed by atoms with Gasteiger partial charge in [0.2, 0.25) is 0 Å². The molecule has 6 heteroatoms. The highest BCUT2D eigenvalue weighted by molar-refractivity contribution is 6.04. The van der Waals surface area contributed by atoms with Crippen molar-refractivity contribution in [2.45, 2.75) is 0 Å². The molecule has 3 aromatic rings. The number of carboxylic acid groups (broad SMARTS) is 1. The second-order valence-electron chi connectivity index (χ2n) is 4.47. The van der Waals surface area contributed by atoms with E-state index in [0.717, 1.165) is 16.5 Å². The van der Waals surface area contributed by atoms with Gasteiger partial charge in [0.15, 0.2) is 0 Å². The Hall–Kier alpha value is -2.76. The van der Waals surface area contributed by atoms with Crippen LogP contribution in [0.4, 0.5) is 0 Å². The lowest BCUT2D eigenvalue weighted by atomic mass is 10.1. The summed E-state index contributed by atoms with van der Waals surface area (Å²) in [5.74, 6) is -0.315. The van der Waals surface area contributed by atoms with E-state index >= 15 is 0 Å². The SMILES string of the molecule is COc1cccc2c1c(-c1[nH]ncc1C(=O)O)cn2C. The number of aromatic amines is 1. The van der Waals surface area contributed by atoms with E-state index in [4.69, 9.17) is 4.74 Å². The molecule has 3 rings (SSSR count). The largest absolute Gasteiger partial charge is 0.496 e. The molecular weight excluding hydrogens is 258 g/mol. The molecule has 0 amide bonds. The molecule has 0 bridgehead atoms. The van der Waals surface area contributed by atoms with E-state index in [1.54, 1.807) is 7.11 Å². The van der Waals surface area contributed by atoms with Crippen molar-refractivity contribution in [1.82, 2.24) is 14.8 Å². The number of nitrogens with zero attached hydrogens (tertiary/aromatic N) is 2. The normalized spacial score (nSPS) is 10.9. The third-order valence-corrected chi connectivity index (χ3v) is 3.34. The fourth-order valence-electron chi connectivity index (χ4n) is 2.43. The molecule has 2 N–H and O–H groups in total. The average molecular weight is 271 g/mol. The van der Waals surface area contributed by atoms with Crippen molar-refractivity contribution < 1.29 is 14.6 Å². The smallest absolute Gasteiger partial charge is 0.339 e. The van der Waals surface area contributed by atoms with Gasteiger partial charge in [0.05, 0.1) is 29.9 Å². The number of aromatic carboxylic acids is 1. The third-order valence-electron chi connectivity index (χ3n) is 3.34. The molecule has 6 nitrogen and oxygen atoms in total. The Labute approximate surface area is 114 Å². The summed E-state index contributed by atoms with van der Waals surface area (Å²) in [6.07, 6.45) is 3.18. The van der Waals surface area contributed by atoms with Gasteiger partial charge in [-0.1, -0.05) is 6.07 Å². The Bertz CT molecular complexity index is 801. The van der Waals surface area contributed by atoms with Gasteiger partial charge in [-0.3, -0.25) is 5.10 Å². The van der Waals surface area contributed by atoms with Crippen LogP contribution >= 0.6 is 0 Å². The van der Waals surface area contributed by atoms with E-state index in [2.05, 4.69) is 10.2 Å². The second-order valence-corrected chi connectivity index (χ2v) is 4.47. The van der Waals surface area contributed by atoms with Crippen LogP contribution in [0.2, 0.25) is 0 Å². The number of H-pyrrole nitrogens is 1. The summed E-state index contributed by atoms with van der Waals surface area (Å²) >= 11 is 0. The van der Waals surface area contributed by atoms with Gasteiger partial charge in [0.1, 0.15) is 11.3 Å². The van der Waals surface area contributed by atoms with Gasteiger partial charge in [-0.25, -0.2) is 4.79 Å². The highest BCUT2D eigenvalue weighted by atomic mass is 16.5. The zero-order valence-corrected chi connectivity index (χ0v) is 11.0. The maximum absolute atomic E-state index is 11.3. The molecule has 102 valence electrons. The number of rotatable bonds is 3. The number of methoxy groups -OCH3 is 1. The van der Waals surface area contributed by atoms with Crippen LogP contribution < -0.4 is 4.74 Å². The first-order chi connectivity index (χ1) is 9.63. The topological polar surface area (TPSA) is 80.1 Å². The monoisotopic (exact) mass is 271 g/mol. The Morgan fingerprint density at radius 2 is 2.25 bits per heavy atom. The first kappa shape index (κ1) is 12.3. The van der Waals surface area contributed by atoms with Crippen molar-refractivity contribution in [3.63, 3.8) is 0 Å². The molecule has 0 spiro atoms. The molecule has 0 aliphatic rings. The maximum atomic E-state index is 11.3. The lowest BCUT2D eigenvalue weighted by Crippen LogP contribution is -1.96. The van der Waals surface area contributed by atoms with Crippen LogP contribution in [0.5, 0.6) is 5.75 Å². The molecule has 0 saturated heterocycles. The predicted molar refractivity (Wildman–Crippen MR) is 74.0 cm³/mol.